The molecule has 0 saturated carbocycles. The van der Waals surface area contributed by atoms with Crippen LogP contribution < -0.4 is 0 Å². The Bertz CT molecular complexity index is 447. The molecule has 1 aliphatic heterocycles. The number of nitrogens with zero attached hydrogens (tertiary/aromatic N) is 1. The quantitative estimate of drug-likeness (QED) is 0.854. The van der Waals surface area contributed by atoms with Crippen molar-refractivity contribution >= 4 is 18.5 Å². The highest BCUT2D eigenvalue weighted by atomic mass is 32.1. The predicted molar refractivity (Wildman–Crippen MR) is 69.6 cm³/mol. The third-order valence-corrected chi connectivity index (χ3v) is 3.31. The van der Waals surface area contributed by atoms with Gasteiger partial charge in [0.1, 0.15) is 5.82 Å². The normalized spacial score (nSPS) is 18.9. The molecule has 1 heterocycles. The lowest BCUT2D eigenvalue weighted by Crippen LogP contribution is -2.34. The van der Waals surface area contributed by atoms with Crippen molar-refractivity contribution in [2.75, 3.05) is 20.2 Å². The van der Waals surface area contributed by atoms with Gasteiger partial charge in [-0.05, 0) is 31.0 Å². The molecule has 3 nitrogen and oxygen atoms in total. The van der Waals surface area contributed by atoms with Crippen LogP contribution in [0.2, 0.25) is 0 Å². The van der Waals surface area contributed by atoms with Gasteiger partial charge >= 0.3 is 0 Å². The second-order valence-corrected chi connectivity index (χ2v) is 5.00. The number of hydrogen-bond donors (Lipinski definition) is 1. The predicted octanol–water partition coefficient (Wildman–Crippen LogP) is 2.37. The monoisotopic (exact) mass is 269 g/mol. The van der Waals surface area contributed by atoms with Gasteiger partial charge in [0.05, 0.1) is 11.7 Å². The van der Waals surface area contributed by atoms with E-state index in [0.717, 1.165) is 19.4 Å². The molecule has 0 N–H and O–H groups in total. The molecule has 0 aromatic heterocycles. The fraction of sp³-hybridized carbons (Fsp3) is 0.462. The summed E-state index contributed by atoms with van der Waals surface area (Å²) in [5, 5.41) is 0. The van der Waals surface area contributed by atoms with Crippen LogP contribution in [-0.4, -0.2) is 37.1 Å². The lowest BCUT2D eigenvalue weighted by atomic mass is 10.1. The second-order valence-electron chi connectivity index (χ2n) is 4.48. The molecule has 98 valence electrons. The Kier molecular flexibility index (Phi) is 4.24. The van der Waals surface area contributed by atoms with Crippen LogP contribution in [0.15, 0.2) is 23.1 Å². The molecule has 1 saturated heterocycles. The molecule has 2 rings (SSSR count). The average Bonchev–Trinajstić information content (AvgIpc) is 2.84. The molecule has 0 bridgehead atoms. The minimum Gasteiger partial charge on any atom is -0.376 e. The van der Waals surface area contributed by atoms with Crippen LogP contribution in [0.25, 0.3) is 0 Å². The van der Waals surface area contributed by atoms with Crippen molar-refractivity contribution < 1.29 is 13.9 Å². The first-order valence-electron chi connectivity index (χ1n) is 5.93. The van der Waals surface area contributed by atoms with E-state index in [0.29, 0.717) is 11.4 Å². The average molecular weight is 269 g/mol. The number of benzene rings is 1. The number of hydrogen-bond acceptors (Lipinski definition) is 3. The zero-order valence-electron chi connectivity index (χ0n) is 10.2. The SMILES string of the molecule is CN(CC1CCCO1)C(=O)c1cc(S)ccc1F. The molecular weight excluding hydrogens is 253 g/mol. The molecule has 1 aromatic rings. The van der Waals surface area contributed by atoms with Crippen molar-refractivity contribution in [1.82, 2.24) is 4.90 Å². The van der Waals surface area contributed by atoms with Gasteiger partial charge in [0.15, 0.2) is 0 Å². The molecule has 0 radical (unpaired) electrons. The highest BCUT2D eigenvalue weighted by Crippen LogP contribution is 2.17. The molecule has 1 unspecified atom stereocenters. The van der Waals surface area contributed by atoms with Crippen LogP contribution >= 0.6 is 12.6 Å². The summed E-state index contributed by atoms with van der Waals surface area (Å²) < 4.78 is 19.0. The zero-order chi connectivity index (χ0) is 13.1. The van der Waals surface area contributed by atoms with E-state index in [2.05, 4.69) is 12.6 Å². The summed E-state index contributed by atoms with van der Waals surface area (Å²) in [5.74, 6) is -0.851. The number of carbonyl (C=O) groups is 1. The van der Waals surface area contributed by atoms with Gasteiger partial charge in [-0.1, -0.05) is 0 Å². The molecule has 1 fully saturated rings. The lowest BCUT2D eigenvalue weighted by Gasteiger charge is -2.21. The summed E-state index contributed by atoms with van der Waals surface area (Å²) in [4.78, 5) is 14.2. The molecule has 0 aliphatic carbocycles. The first kappa shape index (κ1) is 13.4. The molecule has 1 aromatic carbocycles. The number of ether oxygens (including phenoxy) is 1. The standard InChI is InChI=1S/C13H16FNO2S/c1-15(8-9-3-2-6-17-9)13(16)11-7-10(18)4-5-12(11)14/h4-5,7,9,18H,2-3,6,8H2,1H3. The van der Waals surface area contributed by atoms with E-state index < -0.39 is 5.82 Å². The third kappa shape index (κ3) is 3.03. The van der Waals surface area contributed by atoms with E-state index in [1.54, 1.807) is 7.05 Å². The van der Waals surface area contributed by atoms with Gasteiger partial charge < -0.3 is 9.64 Å². The van der Waals surface area contributed by atoms with Crippen LogP contribution in [0.4, 0.5) is 4.39 Å². The lowest BCUT2D eigenvalue weighted by molar-refractivity contribution is 0.0583. The van der Waals surface area contributed by atoms with Gasteiger partial charge in [-0.3, -0.25) is 4.79 Å². The first-order chi connectivity index (χ1) is 8.58. The maximum atomic E-state index is 13.6. The summed E-state index contributed by atoms with van der Waals surface area (Å²) in [7, 11) is 1.66. The Labute approximate surface area is 111 Å². The van der Waals surface area contributed by atoms with Crippen molar-refractivity contribution in [2.24, 2.45) is 0 Å². The Balaban J connectivity index is 2.07. The maximum absolute atomic E-state index is 13.6. The van der Waals surface area contributed by atoms with E-state index in [-0.39, 0.29) is 17.6 Å². The van der Waals surface area contributed by atoms with E-state index in [1.807, 2.05) is 0 Å². The van der Waals surface area contributed by atoms with Gasteiger partial charge in [-0.15, -0.1) is 12.6 Å². The van der Waals surface area contributed by atoms with Gasteiger partial charge in [0.25, 0.3) is 5.91 Å². The van der Waals surface area contributed by atoms with Crippen molar-refractivity contribution in [3.63, 3.8) is 0 Å². The van der Waals surface area contributed by atoms with Crippen LogP contribution in [0.3, 0.4) is 0 Å². The van der Waals surface area contributed by atoms with Gasteiger partial charge in [-0.25, -0.2) is 4.39 Å². The fourth-order valence-corrected chi connectivity index (χ4v) is 2.26. The summed E-state index contributed by atoms with van der Waals surface area (Å²) in [6.45, 7) is 1.24. The van der Waals surface area contributed by atoms with Crippen LogP contribution in [0.5, 0.6) is 0 Å². The number of thiol groups is 1. The molecule has 5 heteroatoms. The van der Waals surface area contributed by atoms with Gasteiger partial charge in [-0.2, -0.15) is 0 Å². The van der Waals surface area contributed by atoms with E-state index in [9.17, 15) is 9.18 Å². The second kappa shape index (κ2) is 5.71. The molecule has 18 heavy (non-hydrogen) atoms. The third-order valence-electron chi connectivity index (χ3n) is 3.03. The zero-order valence-corrected chi connectivity index (χ0v) is 11.1. The summed E-state index contributed by atoms with van der Waals surface area (Å²) in [6, 6.07) is 4.23. The fourth-order valence-electron chi connectivity index (χ4n) is 2.06. The summed E-state index contributed by atoms with van der Waals surface area (Å²) in [6.07, 6.45) is 2.04. The minimum absolute atomic E-state index is 0.0583. The number of rotatable bonds is 3. The van der Waals surface area contributed by atoms with E-state index in [4.69, 9.17) is 4.74 Å². The Morgan fingerprint density at radius 2 is 2.39 bits per heavy atom. The molecule has 1 aliphatic rings. The first-order valence-corrected chi connectivity index (χ1v) is 6.38. The molecule has 1 atom stereocenters. The van der Waals surface area contributed by atoms with Crippen molar-refractivity contribution in [2.45, 2.75) is 23.8 Å². The number of likely N-dealkylation sites (N-methyl/N-ethyl adjacent to an activating group) is 1. The van der Waals surface area contributed by atoms with Gasteiger partial charge in [0, 0.05) is 25.1 Å². The van der Waals surface area contributed by atoms with Crippen LogP contribution in [0, 0.1) is 5.82 Å². The largest absolute Gasteiger partial charge is 0.376 e. The highest BCUT2D eigenvalue weighted by molar-refractivity contribution is 7.80. The molecule has 1 amide bonds. The molecular formula is C13H16FNO2S. The molecule has 0 spiro atoms. The number of carbonyl (C=O) groups excluding carboxylic acids is 1. The van der Waals surface area contributed by atoms with E-state index in [1.165, 1.54) is 23.1 Å². The Morgan fingerprint density at radius 3 is 3.06 bits per heavy atom. The summed E-state index contributed by atoms with van der Waals surface area (Å²) >= 11 is 4.12. The minimum atomic E-state index is -0.517. The van der Waals surface area contributed by atoms with Crippen molar-refractivity contribution in [3.05, 3.63) is 29.6 Å². The van der Waals surface area contributed by atoms with Crippen LogP contribution in [0.1, 0.15) is 23.2 Å². The van der Waals surface area contributed by atoms with Gasteiger partial charge in [0.2, 0.25) is 0 Å². The number of amides is 1. The Morgan fingerprint density at radius 1 is 1.61 bits per heavy atom. The Hall–Kier alpha value is -1.07. The maximum Gasteiger partial charge on any atom is 0.256 e. The van der Waals surface area contributed by atoms with Crippen LogP contribution in [-0.2, 0) is 4.74 Å². The number of halogens is 1. The van der Waals surface area contributed by atoms with E-state index >= 15 is 0 Å². The highest BCUT2D eigenvalue weighted by Gasteiger charge is 2.22. The van der Waals surface area contributed by atoms with Crippen molar-refractivity contribution in [1.29, 1.82) is 0 Å². The smallest absolute Gasteiger partial charge is 0.256 e. The topological polar surface area (TPSA) is 29.5 Å². The summed E-state index contributed by atoms with van der Waals surface area (Å²) in [5.41, 5.74) is 0.0583. The van der Waals surface area contributed by atoms with Crippen molar-refractivity contribution in [3.8, 4) is 0 Å².